The number of rotatable bonds is 2. The number of aliphatic hydroxyl groups excluding tert-OH is 1. The molecule has 1 aliphatic rings. The molecule has 5 nitrogen and oxygen atoms in total. The summed E-state index contributed by atoms with van der Waals surface area (Å²) in [5, 5.41) is 22.4. The van der Waals surface area contributed by atoms with Crippen LogP contribution in [-0.2, 0) is 4.79 Å². The van der Waals surface area contributed by atoms with Crippen LogP contribution in [0.1, 0.15) is 44.9 Å². The van der Waals surface area contributed by atoms with E-state index in [1.54, 1.807) is 32.0 Å². The third-order valence-electron chi connectivity index (χ3n) is 3.72. The zero-order valence-electron chi connectivity index (χ0n) is 12.7. The fourth-order valence-electron chi connectivity index (χ4n) is 2.42. The van der Waals surface area contributed by atoms with Crippen LogP contribution < -0.4 is 10.1 Å². The van der Waals surface area contributed by atoms with Gasteiger partial charge in [-0.05, 0) is 32.0 Å². The molecule has 0 saturated carbocycles. The number of fused-ring (bicyclic) bond motifs is 1. The van der Waals surface area contributed by atoms with E-state index in [1.807, 2.05) is 19.9 Å². The lowest BCUT2D eigenvalue weighted by atomic mass is 9.85. The van der Waals surface area contributed by atoms with Gasteiger partial charge < -0.3 is 15.2 Å². The molecule has 5 heteroatoms. The van der Waals surface area contributed by atoms with Gasteiger partial charge in [0.05, 0.1) is 17.7 Å². The molecule has 1 unspecified atom stereocenters. The number of aliphatic hydroxyl groups is 1. The van der Waals surface area contributed by atoms with E-state index in [2.05, 4.69) is 5.32 Å². The number of nitrogens with one attached hydrogen (secondary N) is 1. The van der Waals surface area contributed by atoms with Crippen molar-refractivity contribution < 1.29 is 14.6 Å². The monoisotopic (exact) mass is 288 g/mol. The van der Waals surface area contributed by atoms with Crippen LogP contribution in [0.15, 0.2) is 18.2 Å². The number of carbonyl (C=O) groups is 1. The van der Waals surface area contributed by atoms with E-state index < -0.39 is 17.7 Å². The lowest BCUT2D eigenvalue weighted by Crippen LogP contribution is -2.58. The molecule has 21 heavy (non-hydrogen) atoms. The topological polar surface area (TPSA) is 82.4 Å². The Morgan fingerprint density at radius 3 is 2.71 bits per heavy atom. The first-order chi connectivity index (χ1) is 9.76. The molecule has 2 atom stereocenters. The van der Waals surface area contributed by atoms with Gasteiger partial charge in [-0.25, -0.2) is 0 Å². The molecule has 0 aliphatic carbocycles. The van der Waals surface area contributed by atoms with Gasteiger partial charge in [0, 0.05) is 11.5 Å². The number of amides is 1. The fourth-order valence-corrected chi connectivity index (χ4v) is 2.42. The molecule has 0 spiro atoms. The Morgan fingerprint density at radius 2 is 2.14 bits per heavy atom. The maximum atomic E-state index is 11.9. The van der Waals surface area contributed by atoms with Gasteiger partial charge in [0.15, 0.2) is 0 Å². The average Bonchev–Trinajstić information content (AvgIpc) is 2.42. The quantitative estimate of drug-likeness (QED) is 0.870. The Kier molecular flexibility index (Phi) is 3.93. The van der Waals surface area contributed by atoms with Crippen LogP contribution in [-0.4, -0.2) is 22.7 Å². The van der Waals surface area contributed by atoms with Gasteiger partial charge in [-0.3, -0.25) is 4.79 Å². The summed E-state index contributed by atoms with van der Waals surface area (Å²) in [6, 6.07) is 6.39. The molecular formula is C16H20N2O3. The number of benzene rings is 1. The van der Waals surface area contributed by atoms with Crippen LogP contribution >= 0.6 is 0 Å². The molecule has 0 aromatic heterocycles. The smallest absolute Gasteiger partial charge is 0.223 e. The summed E-state index contributed by atoms with van der Waals surface area (Å²) in [4.78, 5) is 11.9. The highest BCUT2D eigenvalue weighted by Gasteiger charge is 2.44. The van der Waals surface area contributed by atoms with Crippen LogP contribution in [0.5, 0.6) is 5.75 Å². The standard InChI is InChI=1S/C16H20N2O3/c1-9(2)15(20)18-14-13(19)11-7-10(8-17)5-6-12(11)21-16(14,3)4/h5-7,9,13-14,19H,1-4H3,(H,18,20)/t13?,14-/m1/s1. The minimum atomic E-state index is -0.917. The predicted molar refractivity (Wildman–Crippen MR) is 77.6 cm³/mol. The summed E-state index contributed by atoms with van der Waals surface area (Å²) in [7, 11) is 0. The van der Waals surface area contributed by atoms with E-state index >= 15 is 0 Å². The van der Waals surface area contributed by atoms with Crippen LogP contribution in [0.25, 0.3) is 0 Å². The van der Waals surface area contributed by atoms with Gasteiger partial charge in [-0.2, -0.15) is 5.26 Å². The lowest BCUT2D eigenvalue weighted by molar-refractivity contribution is -0.129. The first kappa shape index (κ1) is 15.3. The molecule has 112 valence electrons. The minimum Gasteiger partial charge on any atom is -0.485 e. The Morgan fingerprint density at radius 1 is 1.48 bits per heavy atom. The van der Waals surface area contributed by atoms with E-state index in [9.17, 15) is 9.90 Å². The molecule has 1 aromatic carbocycles. The van der Waals surface area contributed by atoms with Gasteiger partial charge in [-0.15, -0.1) is 0 Å². The van der Waals surface area contributed by atoms with Crippen molar-refractivity contribution in [3.05, 3.63) is 29.3 Å². The first-order valence-corrected chi connectivity index (χ1v) is 6.97. The second kappa shape index (κ2) is 5.38. The van der Waals surface area contributed by atoms with Gasteiger partial charge in [0.25, 0.3) is 0 Å². The van der Waals surface area contributed by atoms with Crippen molar-refractivity contribution in [1.29, 1.82) is 5.26 Å². The van der Waals surface area contributed by atoms with Crippen LogP contribution in [0.2, 0.25) is 0 Å². The molecule has 2 N–H and O–H groups in total. The number of nitriles is 1. The average molecular weight is 288 g/mol. The molecule has 0 saturated heterocycles. The van der Waals surface area contributed by atoms with Crippen molar-refractivity contribution in [1.82, 2.24) is 5.32 Å². The molecule has 1 aliphatic heterocycles. The van der Waals surface area contributed by atoms with Crippen molar-refractivity contribution in [3.8, 4) is 11.8 Å². The fraction of sp³-hybridized carbons (Fsp3) is 0.500. The lowest BCUT2D eigenvalue weighted by Gasteiger charge is -2.43. The number of carbonyl (C=O) groups excluding carboxylic acids is 1. The summed E-state index contributed by atoms with van der Waals surface area (Å²) in [5.74, 6) is 0.219. The second-order valence-corrected chi connectivity index (χ2v) is 6.16. The summed E-state index contributed by atoms with van der Waals surface area (Å²) < 4.78 is 5.90. The molecule has 1 heterocycles. The number of hydrogen-bond acceptors (Lipinski definition) is 4. The van der Waals surface area contributed by atoms with Gasteiger partial charge >= 0.3 is 0 Å². The molecule has 0 bridgehead atoms. The van der Waals surface area contributed by atoms with Crippen LogP contribution in [0, 0.1) is 17.2 Å². The highest BCUT2D eigenvalue weighted by Crippen LogP contribution is 2.40. The Hall–Kier alpha value is -2.06. The molecule has 0 fully saturated rings. The molecule has 0 radical (unpaired) electrons. The third kappa shape index (κ3) is 2.86. The van der Waals surface area contributed by atoms with E-state index in [1.165, 1.54) is 0 Å². The predicted octanol–water partition coefficient (Wildman–Crippen LogP) is 1.90. The number of hydrogen-bond donors (Lipinski definition) is 2. The van der Waals surface area contributed by atoms with E-state index in [0.29, 0.717) is 16.9 Å². The summed E-state index contributed by atoms with van der Waals surface area (Å²) in [5.41, 5.74) is 0.234. The van der Waals surface area contributed by atoms with Crippen molar-refractivity contribution in [2.45, 2.75) is 45.4 Å². The molecular weight excluding hydrogens is 268 g/mol. The van der Waals surface area contributed by atoms with Crippen LogP contribution in [0.3, 0.4) is 0 Å². The molecule has 2 rings (SSSR count). The summed E-state index contributed by atoms with van der Waals surface area (Å²) in [6.07, 6.45) is -0.917. The third-order valence-corrected chi connectivity index (χ3v) is 3.72. The normalized spacial score (nSPS) is 22.9. The van der Waals surface area contributed by atoms with Crippen molar-refractivity contribution in [3.63, 3.8) is 0 Å². The van der Waals surface area contributed by atoms with Crippen molar-refractivity contribution in [2.24, 2.45) is 5.92 Å². The highest BCUT2D eigenvalue weighted by molar-refractivity contribution is 5.78. The first-order valence-electron chi connectivity index (χ1n) is 6.97. The van der Waals surface area contributed by atoms with Gasteiger partial charge in [0.1, 0.15) is 17.5 Å². The Labute approximate surface area is 124 Å². The highest BCUT2D eigenvalue weighted by atomic mass is 16.5. The molecule has 1 aromatic rings. The van der Waals surface area contributed by atoms with E-state index in [-0.39, 0.29) is 11.8 Å². The zero-order chi connectivity index (χ0) is 15.8. The second-order valence-electron chi connectivity index (χ2n) is 6.16. The van der Waals surface area contributed by atoms with E-state index in [0.717, 1.165) is 0 Å². The summed E-state index contributed by atoms with van der Waals surface area (Å²) >= 11 is 0. The Bertz CT molecular complexity index is 602. The summed E-state index contributed by atoms with van der Waals surface area (Å²) in [6.45, 7) is 7.23. The van der Waals surface area contributed by atoms with Crippen LogP contribution in [0.4, 0.5) is 0 Å². The zero-order valence-corrected chi connectivity index (χ0v) is 12.7. The minimum absolute atomic E-state index is 0.143. The Balaban J connectivity index is 2.39. The SMILES string of the molecule is CC(C)C(=O)N[C@@H]1C(O)c2cc(C#N)ccc2OC1(C)C. The van der Waals surface area contributed by atoms with Gasteiger partial charge in [-0.1, -0.05) is 13.8 Å². The van der Waals surface area contributed by atoms with E-state index in [4.69, 9.17) is 10.00 Å². The maximum absolute atomic E-state index is 11.9. The van der Waals surface area contributed by atoms with Crippen molar-refractivity contribution >= 4 is 5.91 Å². The maximum Gasteiger partial charge on any atom is 0.223 e. The number of nitrogens with zero attached hydrogens (tertiary/aromatic N) is 1. The molecule has 1 amide bonds. The largest absolute Gasteiger partial charge is 0.485 e. The van der Waals surface area contributed by atoms with Crippen molar-refractivity contribution in [2.75, 3.05) is 0 Å². The van der Waals surface area contributed by atoms with Gasteiger partial charge in [0.2, 0.25) is 5.91 Å². The number of ether oxygens (including phenoxy) is 1.